The van der Waals surface area contributed by atoms with Crippen molar-refractivity contribution < 1.29 is 9.59 Å². The highest BCUT2D eigenvalue weighted by molar-refractivity contribution is 7.18. The molecule has 116 valence electrons. The fraction of sp³-hybridized carbons (Fsp3) is 0.615. The van der Waals surface area contributed by atoms with Crippen molar-refractivity contribution in [1.29, 1.82) is 0 Å². The molecule has 0 aromatic carbocycles. The van der Waals surface area contributed by atoms with Gasteiger partial charge in [-0.25, -0.2) is 4.98 Å². The number of thiazole rings is 1. The van der Waals surface area contributed by atoms with Gasteiger partial charge < -0.3 is 21.7 Å². The van der Waals surface area contributed by atoms with Crippen molar-refractivity contribution in [3.63, 3.8) is 0 Å². The van der Waals surface area contributed by atoms with E-state index in [0.717, 1.165) is 12.8 Å². The Morgan fingerprint density at radius 2 is 2.05 bits per heavy atom. The Morgan fingerprint density at radius 3 is 2.62 bits per heavy atom. The van der Waals surface area contributed by atoms with Crippen LogP contribution in [-0.2, 0) is 4.79 Å². The molecule has 1 heterocycles. The molecule has 0 saturated heterocycles. The molecule has 0 aliphatic heterocycles. The van der Waals surface area contributed by atoms with Gasteiger partial charge in [0.2, 0.25) is 5.91 Å². The molecule has 0 spiro atoms. The molecule has 1 aromatic rings. The minimum atomic E-state index is -0.377. The van der Waals surface area contributed by atoms with E-state index < -0.39 is 0 Å². The summed E-state index contributed by atoms with van der Waals surface area (Å²) in [5.74, 6) is -0.426. The molecular weight excluding hydrogens is 290 g/mol. The van der Waals surface area contributed by atoms with Crippen LogP contribution in [0.25, 0.3) is 0 Å². The molecule has 1 aliphatic rings. The predicted octanol–water partition coefficient (Wildman–Crippen LogP) is 0.944. The molecule has 1 fully saturated rings. The molecule has 1 aliphatic carbocycles. The maximum atomic E-state index is 12.0. The summed E-state index contributed by atoms with van der Waals surface area (Å²) in [6.45, 7) is 5.55. The van der Waals surface area contributed by atoms with Crippen LogP contribution in [-0.4, -0.2) is 34.9 Å². The Morgan fingerprint density at radius 1 is 1.38 bits per heavy atom. The SMILES string of the molecule is CC(C)(C)NC(=O)CNC(=O)c1sc(NC2CC2)nc1N. The minimum absolute atomic E-state index is 0.0845. The number of carbonyl (C=O) groups is 2. The van der Waals surface area contributed by atoms with Crippen molar-refractivity contribution in [3.05, 3.63) is 4.88 Å². The molecule has 21 heavy (non-hydrogen) atoms. The van der Waals surface area contributed by atoms with Crippen molar-refractivity contribution in [1.82, 2.24) is 15.6 Å². The number of nitrogens with one attached hydrogen (secondary N) is 3. The summed E-state index contributed by atoms with van der Waals surface area (Å²) in [6.07, 6.45) is 2.24. The molecule has 7 nitrogen and oxygen atoms in total. The predicted molar refractivity (Wildman–Crippen MR) is 83.4 cm³/mol. The monoisotopic (exact) mass is 311 g/mol. The third-order valence-corrected chi connectivity index (χ3v) is 3.69. The number of hydrogen-bond acceptors (Lipinski definition) is 6. The zero-order chi connectivity index (χ0) is 15.6. The van der Waals surface area contributed by atoms with Crippen molar-refractivity contribution in [2.75, 3.05) is 17.6 Å². The van der Waals surface area contributed by atoms with Gasteiger partial charge in [0.15, 0.2) is 5.13 Å². The highest BCUT2D eigenvalue weighted by Gasteiger charge is 2.24. The van der Waals surface area contributed by atoms with Gasteiger partial charge in [-0.05, 0) is 33.6 Å². The summed E-state index contributed by atoms with van der Waals surface area (Å²) < 4.78 is 0. The van der Waals surface area contributed by atoms with Crippen molar-refractivity contribution >= 4 is 34.1 Å². The van der Waals surface area contributed by atoms with Crippen molar-refractivity contribution in [2.45, 2.75) is 45.2 Å². The van der Waals surface area contributed by atoms with Crippen LogP contribution in [0.4, 0.5) is 10.9 Å². The van der Waals surface area contributed by atoms with E-state index in [0.29, 0.717) is 16.1 Å². The molecule has 0 bridgehead atoms. The van der Waals surface area contributed by atoms with E-state index >= 15 is 0 Å². The second kappa shape index (κ2) is 5.88. The highest BCUT2D eigenvalue weighted by Crippen LogP contribution is 2.30. The van der Waals surface area contributed by atoms with Crippen LogP contribution in [0.1, 0.15) is 43.3 Å². The second-order valence-electron chi connectivity index (χ2n) is 6.13. The quantitative estimate of drug-likeness (QED) is 0.647. The van der Waals surface area contributed by atoms with E-state index in [9.17, 15) is 9.59 Å². The summed E-state index contributed by atoms with van der Waals surface area (Å²) in [7, 11) is 0. The van der Waals surface area contributed by atoms with Gasteiger partial charge in [0.1, 0.15) is 10.7 Å². The van der Waals surface area contributed by atoms with E-state index in [1.807, 2.05) is 20.8 Å². The molecule has 0 unspecified atom stereocenters. The van der Waals surface area contributed by atoms with Gasteiger partial charge in [-0.15, -0.1) is 0 Å². The number of nitrogen functional groups attached to an aromatic ring is 1. The van der Waals surface area contributed by atoms with Gasteiger partial charge >= 0.3 is 0 Å². The minimum Gasteiger partial charge on any atom is -0.382 e. The third kappa shape index (κ3) is 4.89. The Balaban J connectivity index is 1.87. The van der Waals surface area contributed by atoms with Gasteiger partial charge in [0, 0.05) is 11.6 Å². The van der Waals surface area contributed by atoms with Gasteiger partial charge in [-0.3, -0.25) is 9.59 Å². The van der Waals surface area contributed by atoms with Crippen molar-refractivity contribution in [3.8, 4) is 0 Å². The summed E-state index contributed by atoms with van der Waals surface area (Å²) >= 11 is 1.21. The van der Waals surface area contributed by atoms with E-state index in [2.05, 4.69) is 20.9 Å². The van der Waals surface area contributed by atoms with Crippen LogP contribution in [0, 0.1) is 0 Å². The molecule has 8 heteroatoms. The number of nitrogens with two attached hydrogens (primary N) is 1. The number of rotatable bonds is 5. The lowest BCUT2D eigenvalue weighted by Gasteiger charge is -2.20. The lowest BCUT2D eigenvalue weighted by Crippen LogP contribution is -2.45. The van der Waals surface area contributed by atoms with Gasteiger partial charge in [0.05, 0.1) is 6.54 Å². The third-order valence-electron chi connectivity index (χ3n) is 2.69. The Hall–Kier alpha value is -1.83. The number of nitrogens with zero attached hydrogens (tertiary/aromatic N) is 1. The molecule has 5 N–H and O–H groups in total. The lowest BCUT2D eigenvalue weighted by molar-refractivity contribution is -0.121. The maximum Gasteiger partial charge on any atom is 0.265 e. The average Bonchev–Trinajstić information content (AvgIpc) is 3.07. The van der Waals surface area contributed by atoms with Crippen LogP contribution in [0.2, 0.25) is 0 Å². The number of amides is 2. The summed E-state index contributed by atoms with van der Waals surface area (Å²) in [5.41, 5.74) is 5.42. The average molecular weight is 311 g/mol. The second-order valence-corrected chi connectivity index (χ2v) is 7.13. The first-order valence-electron chi connectivity index (χ1n) is 6.86. The first kappa shape index (κ1) is 15.6. The Labute approximate surface area is 127 Å². The number of carbonyl (C=O) groups excluding carboxylic acids is 2. The standard InChI is InChI=1S/C13H21N5O2S/c1-13(2,3)18-8(19)6-15-11(20)9-10(14)17-12(21-9)16-7-4-5-7/h7H,4-6,14H2,1-3H3,(H,15,20)(H,16,17)(H,18,19). The fourth-order valence-electron chi connectivity index (χ4n) is 1.66. The first-order valence-corrected chi connectivity index (χ1v) is 7.68. The molecule has 2 amide bonds. The van der Waals surface area contributed by atoms with Crippen LogP contribution >= 0.6 is 11.3 Å². The summed E-state index contributed by atoms with van der Waals surface area (Å²) in [6, 6.07) is 0.448. The molecular formula is C13H21N5O2S. The topological polar surface area (TPSA) is 109 Å². The van der Waals surface area contributed by atoms with Crippen LogP contribution in [0.15, 0.2) is 0 Å². The number of hydrogen-bond donors (Lipinski definition) is 4. The van der Waals surface area contributed by atoms with Gasteiger partial charge in [0.25, 0.3) is 5.91 Å². The summed E-state index contributed by atoms with van der Waals surface area (Å²) in [5, 5.41) is 9.17. The number of anilines is 2. The van der Waals surface area contributed by atoms with E-state index in [1.54, 1.807) is 0 Å². The molecule has 1 saturated carbocycles. The number of aromatic nitrogens is 1. The highest BCUT2D eigenvalue weighted by atomic mass is 32.1. The summed E-state index contributed by atoms with van der Waals surface area (Å²) in [4.78, 5) is 28.1. The lowest BCUT2D eigenvalue weighted by atomic mass is 10.1. The largest absolute Gasteiger partial charge is 0.382 e. The Bertz CT molecular complexity index is 545. The van der Waals surface area contributed by atoms with Crippen LogP contribution in [0.5, 0.6) is 0 Å². The zero-order valence-electron chi connectivity index (χ0n) is 12.4. The van der Waals surface area contributed by atoms with Gasteiger partial charge in [-0.1, -0.05) is 11.3 Å². The zero-order valence-corrected chi connectivity index (χ0v) is 13.3. The molecule has 0 radical (unpaired) electrons. The first-order chi connectivity index (χ1) is 9.74. The fourth-order valence-corrected chi connectivity index (χ4v) is 2.54. The van der Waals surface area contributed by atoms with E-state index in [1.165, 1.54) is 11.3 Å². The van der Waals surface area contributed by atoms with Crippen LogP contribution in [0.3, 0.4) is 0 Å². The Kier molecular flexibility index (Phi) is 4.36. The maximum absolute atomic E-state index is 12.0. The van der Waals surface area contributed by atoms with E-state index in [4.69, 9.17) is 5.73 Å². The normalized spacial score (nSPS) is 14.6. The van der Waals surface area contributed by atoms with Crippen molar-refractivity contribution in [2.24, 2.45) is 0 Å². The van der Waals surface area contributed by atoms with Crippen LogP contribution < -0.4 is 21.7 Å². The van der Waals surface area contributed by atoms with E-state index in [-0.39, 0.29) is 29.7 Å². The smallest absolute Gasteiger partial charge is 0.265 e. The molecule has 0 atom stereocenters. The molecule has 2 rings (SSSR count). The molecule has 1 aromatic heterocycles. The van der Waals surface area contributed by atoms with Gasteiger partial charge in [-0.2, -0.15) is 0 Å².